The minimum absolute atomic E-state index is 0.370. The fourth-order valence-corrected chi connectivity index (χ4v) is 3.62. The van der Waals surface area contributed by atoms with Gasteiger partial charge in [-0.25, -0.2) is 4.98 Å². The van der Waals surface area contributed by atoms with Crippen LogP contribution in [0.4, 0.5) is 0 Å². The Kier molecular flexibility index (Phi) is 3.52. The van der Waals surface area contributed by atoms with Crippen LogP contribution in [-0.2, 0) is 6.54 Å². The van der Waals surface area contributed by atoms with Crippen molar-refractivity contribution in [2.75, 3.05) is 6.54 Å². The largest absolute Gasteiger partial charge is 0.311 e. The summed E-state index contributed by atoms with van der Waals surface area (Å²) < 4.78 is 2.10. The van der Waals surface area contributed by atoms with Crippen LogP contribution < -0.4 is 5.32 Å². The molecule has 3 rings (SSSR count). The highest BCUT2D eigenvalue weighted by Gasteiger charge is 2.48. The highest BCUT2D eigenvalue weighted by molar-refractivity contribution is 5.36. The number of hydrogen-bond donors (Lipinski definition) is 1. The topological polar surface area (TPSA) is 42.2 Å². The zero-order valence-electron chi connectivity index (χ0n) is 13.6. The van der Waals surface area contributed by atoms with Crippen molar-refractivity contribution < 1.29 is 0 Å². The first-order chi connectivity index (χ1) is 9.94. The van der Waals surface area contributed by atoms with Gasteiger partial charge in [0, 0.05) is 25.5 Å². The standard InChI is InChI=1S/C17H26N4/c1-13-5-6-17(4,16(13,2)3)12-19-9-14-10-20-15-11-18-7-8-21(14)15/h7-8,10-11,13,19H,5-6,9,12H2,1-4H3/t13-,17-/m0/s1. The van der Waals surface area contributed by atoms with Crippen LogP contribution >= 0.6 is 0 Å². The molecule has 4 heteroatoms. The summed E-state index contributed by atoms with van der Waals surface area (Å²) in [5, 5.41) is 3.66. The molecule has 1 fully saturated rings. The van der Waals surface area contributed by atoms with Crippen LogP contribution in [0.5, 0.6) is 0 Å². The van der Waals surface area contributed by atoms with E-state index in [1.807, 2.05) is 12.4 Å². The molecular weight excluding hydrogens is 260 g/mol. The molecule has 0 amide bonds. The Hall–Kier alpha value is -1.42. The second-order valence-corrected chi connectivity index (χ2v) is 7.38. The van der Waals surface area contributed by atoms with Gasteiger partial charge in [-0.3, -0.25) is 9.38 Å². The van der Waals surface area contributed by atoms with Gasteiger partial charge in [-0.1, -0.05) is 27.7 Å². The van der Waals surface area contributed by atoms with Gasteiger partial charge in [0.2, 0.25) is 0 Å². The van der Waals surface area contributed by atoms with Gasteiger partial charge >= 0.3 is 0 Å². The monoisotopic (exact) mass is 286 g/mol. The van der Waals surface area contributed by atoms with Crippen molar-refractivity contribution in [3.05, 3.63) is 30.5 Å². The lowest BCUT2D eigenvalue weighted by molar-refractivity contribution is 0.0939. The van der Waals surface area contributed by atoms with E-state index in [-0.39, 0.29) is 0 Å². The zero-order valence-corrected chi connectivity index (χ0v) is 13.6. The van der Waals surface area contributed by atoms with E-state index in [9.17, 15) is 0 Å². The van der Waals surface area contributed by atoms with Crippen molar-refractivity contribution in [3.63, 3.8) is 0 Å². The molecule has 2 heterocycles. The van der Waals surface area contributed by atoms with Gasteiger partial charge < -0.3 is 5.32 Å². The SMILES string of the molecule is C[C@H]1CC[C@@](C)(CNCc2cnc3cnccn23)C1(C)C. The molecule has 1 N–H and O–H groups in total. The first-order valence-electron chi connectivity index (χ1n) is 7.91. The molecule has 1 saturated carbocycles. The van der Waals surface area contributed by atoms with E-state index < -0.39 is 0 Å². The number of nitrogens with one attached hydrogen (secondary N) is 1. The summed E-state index contributed by atoms with van der Waals surface area (Å²) in [6, 6.07) is 0. The minimum Gasteiger partial charge on any atom is -0.311 e. The van der Waals surface area contributed by atoms with Crippen molar-refractivity contribution in [3.8, 4) is 0 Å². The maximum absolute atomic E-state index is 4.39. The maximum Gasteiger partial charge on any atom is 0.155 e. The van der Waals surface area contributed by atoms with E-state index in [0.717, 1.165) is 24.7 Å². The molecule has 0 radical (unpaired) electrons. The zero-order chi connectivity index (χ0) is 15.1. The normalized spacial score (nSPS) is 28.3. The van der Waals surface area contributed by atoms with Crippen molar-refractivity contribution >= 4 is 5.65 Å². The molecule has 21 heavy (non-hydrogen) atoms. The van der Waals surface area contributed by atoms with Crippen LogP contribution in [0, 0.1) is 16.7 Å². The predicted octanol–water partition coefficient (Wildman–Crippen LogP) is 3.28. The van der Waals surface area contributed by atoms with Crippen LogP contribution in [0.25, 0.3) is 5.65 Å². The Morgan fingerprint density at radius 1 is 1.33 bits per heavy atom. The van der Waals surface area contributed by atoms with E-state index in [4.69, 9.17) is 0 Å². The van der Waals surface area contributed by atoms with Gasteiger partial charge in [0.15, 0.2) is 5.65 Å². The Balaban J connectivity index is 1.67. The van der Waals surface area contributed by atoms with E-state index in [2.05, 4.69) is 47.4 Å². The molecule has 0 bridgehead atoms. The van der Waals surface area contributed by atoms with Gasteiger partial charge in [-0.2, -0.15) is 0 Å². The molecule has 0 unspecified atom stereocenters. The summed E-state index contributed by atoms with van der Waals surface area (Å²) in [6.07, 6.45) is 10.2. The number of imidazole rings is 1. The van der Waals surface area contributed by atoms with Crippen molar-refractivity contribution in [2.45, 2.75) is 47.1 Å². The third-order valence-corrected chi connectivity index (χ3v) is 6.13. The Bertz CT molecular complexity index is 631. The van der Waals surface area contributed by atoms with Gasteiger partial charge in [0.05, 0.1) is 18.1 Å². The summed E-state index contributed by atoms with van der Waals surface area (Å²) in [7, 11) is 0. The van der Waals surface area contributed by atoms with Crippen LogP contribution in [0.1, 0.15) is 46.2 Å². The maximum atomic E-state index is 4.39. The first kappa shape index (κ1) is 14.5. The second-order valence-electron chi connectivity index (χ2n) is 7.38. The van der Waals surface area contributed by atoms with Crippen molar-refractivity contribution in [2.24, 2.45) is 16.7 Å². The van der Waals surface area contributed by atoms with Gasteiger partial charge in [-0.15, -0.1) is 0 Å². The van der Waals surface area contributed by atoms with Crippen LogP contribution in [0.15, 0.2) is 24.8 Å². The molecule has 4 nitrogen and oxygen atoms in total. The summed E-state index contributed by atoms with van der Waals surface area (Å²) >= 11 is 0. The Morgan fingerprint density at radius 2 is 2.14 bits per heavy atom. The third-order valence-electron chi connectivity index (χ3n) is 6.13. The molecular formula is C17H26N4. The van der Waals surface area contributed by atoms with Gasteiger partial charge in [0.1, 0.15) is 0 Å². The fourth-order valence-electron chi connectivity index (χ4n) is 3.62. The van der Waals surface area contributed by atoms with Gasteiger partial charge in [0.25, 0.3) is 0 Å². The summed E-state index contributed by atoms with van der Waals surface area (Å²) in [4.78, 5) is 8.49. The average Bonchev–Trinajstić information content (AvgIpc) is 2.95. The van der Waals surface area contributed by atoms with E-state index in [1.54, 1.807) is 12.4 Å². The molecule has 1 aliphatic rings. The van der Waals surface area contributed by atoms with Gasteiger partial charge in [-0.05, 0) is 29.6 Å². The number of rotatable bonds is 4. The molecule has 2 aromatic rings. The van der Waals surface area contributed by atoms with Crippen molar-refractivity contribution in [1.29, 1.82) is 0 Å². The molecule has 2 atom stereocenters. The molecule has 114 valence electrons. The number of aromatic nitrogens is 3. The van der Waals surface area contributed by atoms with Crippen molar-refractivity contribution in [1.82, 2.24) is 19.7 Å². The highest BCUT2D eigenvalue weighted by Crippen LogP contribution is 2.55. The molecule has 0 saturated heterocycles. The van der Waals surface area contributed by atoms with E-state index >= 15 is 0 Å². The Labute approximate surface area is 127 Å². The van der Waals surface area contributed by atoms with Crippen LogP contribution in [0.3, 0.4) is 0 Å². The molecule has 1 aliphatic carbocycles. The van der Waals surface area contributed by atoms with E-state index in [1.165, 1.54) is 18.5 Å². The molecule has 0 spiro atoms. The third kappa shape index (κ3) is 2.35. The predicted molar refractivity (Wildman–Crippen MR) is 85.0 cm³/mol. The molecule has 2 aromatic heterocycles. The number of nitrogens with zero attached hydrogens (tertiary/aromatic N) is 3. The summed E-state index contributed by atoms with van der Waals surface area (Å²) in [6.45, 7) is 11.6. The lowest BCUT2D eigenvalue weighted by Gasteiger charge is -2.41. The first-order valence-corrected chi connectivity index (χ1v) is 7.91. The minimum atomic E-state index is 0.370. The van der Waals surface area contributed by atoms with Crippen LogP contribution in [-0.4, -0.2) is 20.9 Å². The summed E-state index contributed by atoms with van der Waals surface area (Å²) in [5.41, 5.74) is 2.87. The summed E-state index contributed by atoms with van der Waals surface area (Å²) in [5.74, 6) is 0.797. The lowest BCUT2D eigenvalue weighted by Crippen LogP contribution is -2.41. The average molecular weight is 286 g/mol. The molecule has 0 aliphatic heterocycles. The fraction of sp³-hybridized carbons (Fsp3) is 0.647. The second kappa shape index (κ2) is 5.09. The van der Waals surface area contributed by atoms with Crippen LogP contribution in [0.2, 0.25) is 0 Å². The van der Waals surface area contributed by atoms with E-state index in [0.29, 0.717) is 10.8 Å². The number of hydrogen-bond acceptors (Lipinski definition) is 3. The quantitative estimate of drug-likeness (QED) is 0.938. The molecule has 0 aromatic carbocycles. The smallest absolute Gasteiger partial charge is 0.155 e. The number of fused-ring (bicyclic) bond motifs is 1. The lowest BCUT2D eigenvalue weighted by atomic mass is 9.66. The highest BCUT2D eigenvalue weighted by atomic mass is 15.0. The Morgan fingerprint density at radius 3 is 2.86 bits per heavy atom.